The lowest BCUT2D eigenvalue weighted by atomic mass is 10.0. The lowest BCUT2D eigenvalue weighted by Gasteiger charge is -2.25. The van der Waals surface area contributed by atoms with E-state index in [0.29, 0.717) is 6.42 Å². The summed E-state index contributed by atoms with van der Waals surface area (Å²) in [5, 5.41) is 14.8. The molecular weight excluding hydrogens is 284 g/mol. The maximum absolute atomic E-state index is 12.4. The Morgan fingerprint density at radius 2 is 1.91 bits per heavy atom. The van der Waals surface area contributed by atoms with E-state index in [-0.39, 0.29) is 36.2 Å². The molecule has 0 aliphatic carbocycles. The number of hydrogen-bond donors (Lipinski definition) is 3. The Bertz CT molecular complexity index is 469. The van der Waals surface area contributed by atoms with E-state index in [1.165, 1.54) is 6.26 Å². The van der Waals surface area contributed by atoms with E-state index in [1.54, 1.807) is 12.1 Å². The van der Waals surface area contributed by atoms with E-state index in [1.807, 2.05) is 27.7 Å². The zero-order valence-electron chi connectivity index (χ0n) is 13.6. The molecule has 1 rings (SSSR count). The molecule has 6 nitrogen and oxygen atoms in total. The summed E-state index contributed by atoms with van der Waals surface area (Å²) in [5.74, 6) is -0.199. The van der Waals surface area contributed by atoms with Crippen LogP contribution in [-0.4, -0.2) is 35.6 Å². The summed E-state index contributed by atoms with van der Waals surface area (Å²) in [6.07, 6.45) is 1.92. The number of rotatable bonds is 8. The van der Waals surface area contributed by atoms with Crippen LogP contribution in [0.3, 0.4) is 0 Å². The van der Waals surface area contributed by atoms with Crippen molar-refractivity contribution in [3.05, 3.63) is 24.2 Å². The summed E-state index contributed by atoms with van der Waals surface area (Å²) in [7, 11) is 0. The molecule has 0 aliphatic rings. The van der Waals surface area contributed by atoms with Crippen LogP contribution in [0.4, 0.5) is 0 Å². The molecule has 3 N–H and O–H groups in total. The van der Waals surface area contributed by atoms with Gasteiger partial charge in [0.05, 0.1) is 18.9 Å². The molecule has 2 amide bonds. The molecule has 0 saturated carbocycles. The quantitative estimate of drug-likeness (QED) is 0.679. The first-order valence-electron chi connectivity index (χ1n) is 7.60. The highest BCUT2D eigenvalue weighted by Crippen LogP contribution is 2.09. The van der Waals surface area contributed by atoms with Crippen LogP contribution in [0.2, 0.25) is 0 Å². The summed E-state index contributed by atoms with van der Waals surface area (Å²) < 4.78 is 5.04. The van der Waals surface area contributed by atoms with Gasteiger partial charge in [-0.3, -0.25) is 9.59 Å². The number of carbonyl (C=O) groups excluding carboxylic acids is 2. The summed E-state index contributed by atoms with van der Waals surface area (Å²) in [4.78, 5) is 24.4. The monoisotopic (exact) mass is 310 g/mol. The van der Waals surface area contributed by atoms with Crippen molar-refractivity contribution < 1.29 is 19.1 Å². The Kier molecular flexibility index (Phi) is 7.11. The van der Waals surface area contributed by atoms with Gasteiger partial charge in [-0.05, 0) is 30.4 Å². The second kappa shape index (κ2) is 8.58. The molecule has 1 aromatic heterocycles. The number of carbonyl (C=O) groups is 2. The van der Waals surface area contributed by atoms with Gasteiger partial charge in [0.15, 0.2) is 5.76 Å². The van der Waals surface area contributed by atoms with Gasteiger partial charge in [-0.25, -0.2) is 0 Å². The zero-order valence-corrected chi connectivity index (χ0v) is 13.6. The number of amides is 2. The Hall–Kier alpha value is -1.82. The van der Waals surface area contributed by atoms with Gasteiger partial charge < -0.3 is 20.2 Å². The molecule has 0 bridgehead atoms. The van der Waals surface area contributed by atoms with Crippen LogP contribution in [0.5, 0.6) is 0 Å². The van der Waals surface area contributed by atoms with Crippen molar-refractivity contribution >= 4 is 11.8 Å². The molecule has 22 heavy (non-hydrogen) atoms. The minimum absolute atomic E-state index is 0.106. The van der Waals surface area contributed by atoms with Gasteiger partial charge in [-0.15, -0.1) is 0 Å². The average molecular weight is 310 g/mol. The third kappa shape index (κ3) is 5.52. The molecule has 1 heterocycles. The lowest BCUT2D eigenvalue weighted by Crippen LogP contribution is -2.52. The van der Waals surface area contributed by atoms with E-state index in [4.69, 9.17) is 4.42 Å². The van der Waals surface area contributed by atoms with Crippen molar-refractivity contribution in [3.8, 4) is 0 Å². The highest BCUT2D eigenvalue weighted by molar-refractivity contribution is 5.95. The maximum Gasteiger partial charge on any atom is 0.287 e. The van der Waals surface area contributed by atoms with Crippen LogP contribution in [0.15, 0.2) is 22.8 Å². The second-order valence-electron chi connectivity index (χ2n) is 6.17. The number of furan rings is 1. The number of nitrogens with one attached hydrogen (secondary N) is 2. The summed E-state index contributed by atoms with van der Waals surface area (Å²) in [6, 6.07) is 2.17. The molecular formula is C16H26N2O4. The normalized spacial score (nSPS) is 14.0. The van der Waals surface area contributed by atoms with Crippen LogP contribution < -0.4 is 10.6 Å². The van der Waals surface area contributed by atoms with Crippen molar-refractivity contribution in [2.24, 2.45) is 11.8 Å². The van der Waals surface area contributed by atoms with Crippen LogP contribution >= 0.6 is 0 Å². The molecule has 0 spiro atoms. The van der Waals surface area contributed by atoms with E-state index in [0.717, 1.165) is 0 Å². The Morgan fingerprint density at radius 1 is 1.23 bits per heavy atom. The van der Waals surface area contributed by atoms with E-state index >= 15 is 0 Å². The van der Waals surface area contributed by atoms with Crippen molar-refractivity contribution in [2.45, 2.75) is 46.2 Å². The first-order chi connectivity index (χ1) is 10.3. The SMILES string of the molecule is CC(C)C[C@H](NC(=O)c1ccco1)C(=O)N[C@H](CO)C(C)C. The van der Waals surface area contributed by atoms with Gasteiger partial charge in [-0.2, -0.15) is 0 Å². The number of hydrogen-bond acceptors (Lipinski definition) is 4. The van der Waals surface area contributed by atoms with Crippen LogP contribution in [0, 0.1) is 11.8 Å². The number of aliphatic hydroxyl groups excluding tert-OH is 1. The third-order valence-electron chi connectivity index (χ3n) is 3.40. The van der Waals surface area contributed by atoms with E-state index < -0.39 is 11.9 Å². The molecule has 0 unspecified atom stereocenters. The Labute approximate surface area is 131 Å². The fraction of sp³-hybridized carbons (Fsp3) is 0.625. The fourth-order valence-electron chi connectivity index (χ4n) is 2.05. The Balaban J connectivity index is 2.74. The van der Waals surface area contributed by atoms with Gasteiger partial charge >= 0.3 is 0 Å². The van der Waals surface area contributed by atoms with Gasteiger partial charge in [-0.1, -0.05) is 27.7 Å². The molecule has 1 aromatic rings. The van der Waals surface area contributed by atoms with Crippen molar-refractivity contribution in [2.75, 3.05) is 6.61 Å². The largest absolute Gasteiger partial charge is 0.459 e. The van der Waals surface area contributed by atoms with Crippen LogP contribution in [0.1, 0.15) is 44.7 Å². The van der Waals surface area contributed by atoms with Gasteiger partial charge in [0.2, 0.25) is 5.91 Å². The lowest BCUT2D eigenvalue weighted by molar-refractivity contribution is -0.124. The van der Waals surface area contributed by atoms with Crippen LogP contribution in [0.25, 0.3) is 0 Å². The minimum atomic E-state index is -0.662. The zero-order chi connectivity index (χ0) is 16.7. The molecule has 0 fully saturated rings. The molecule has 0 aromatic carbocycles. The van der Waals surface area contributed by atoms with Gasteiger partial charge in [0, 0.05) is 0 Å². The standard InChI is InChI=1S/C16H26N2O4/c1-10(2)8-12(15(20)18-13(9-19)11(3)4)17-16(21)14-6-5-7-22-14/h5-7,10-13,19H,8-9H2,1-4H3,(H,17,21)(H,18,20)/t12-,13+/m0/s1. The molecule has 2 atom stereocenters. The topological polar surface area (TPSA) is 91.6 Å². The summed E-state index contributed by atoms with van der Waals surface area (Å²) >= 11 is 0. The molecule has 124 valence electrons. The van der Waals surface area contributed by atoms with Crippen molar-refractivity contribution in [3.63, 3.8) is 0 Å². The molecule has 0 aliphatic heterocycles. The highest BCUT2D eigenvalue weighted by atomic mass is 16.3. The minimum Gasteiger partial charge on any atom is -0.459 e. The first-order valence-corrected chi connectivity index (χ1v) is 7.60. The Morgan fingerprint density at radius 3 is 2.36 bits per heavy atom. The van der Waals surface area contributed by atoms with E-state index in [2.05, 4.69) is 10.6 Å². The predicted octanol–water partition coefficient (Wildman–Crippen LogP) is 1.56. The highest BCUT2D eigenvalue weighted by Gasteiger charge is 2.26. The number of aliphatic hydroxyl groups is 1. The third-order valence-corrected chi connectivity index (χ3v) is 3.40. The maximum atomic E-state index is 12.4. The molecule has 6 heteroatoms. The van der Waals surface area contributed by atoms with Gasteiger partial charge in [0.25, 0.3) is 5.91 Å². The first kappa shape index (κ1) is 18.2. The van der Waals surface area contributed by atoms with Crippen LogP contribution in [-0.2, 0) is 4.79 Å². The smallest absolute Gasteiger partial charge is 0.287 e. The van der Waals surface area contributed by atoms with Crippen molar-refractivity contribution in [1.82, 2.24) is 10.6 Å². The summed E-state index contributed by atoms with van der Waals surface area (Å²) in [5.41, 5.74) is 0. The molecule has 0 saturated heterocycles. The summed E-state index contributed by atoms with van der Waals surface area (Å²) in [6.45, 7) is 7.65. The molecule has 0 radical (unpaired) electrons. The van der Waals surface area contributed by atoms with Gasteiger partial charge in [0.1, 0.15) is 6.04 Å². The fourth-order valence-corrected chi connectivity index (χ4v) is 2.05. The second-order valence-corrected chi connectivity index (χ2v) is 6.17. The van der Waals surface area contributed by atoms with E-state index in [9.17, 15) is 14.7 Å². The van der Waals surface area contributed by atoms with Crippen molar-refractivity contribution in [1.29, 1.82) is 0 Å². The predicted molar refractivity (Wildman–Crippen MR) is 83.3 cm³/mol. The average Bonchev–Trinajstić information content (AvgIpc) is 2.96.